The van der Waals surface area contributed by atoms with Crippen LogP contribution in [0.15, 0.2) is 77.5 Å². The van der Waals surface area contributed by atoms with E-state index >= 15 is 0 Å². The average molecular weight is 456 g/mol. The molecule has 0 atom stereocenters. The van der Waals surface area contributed by atoms with E-state index in [9.17, 15) is 0 Å². The number of nitrogens with zero attached hydrogens (tertiary/aromatic N) is 2. The van der Waals surface area contributed by atoms with Gasteiger partial charge >= 0.3 is 0 Å². The molecule has 0 spiro atoms. The van der Waals surface area contributed by atoms with E-state index in [0.29, 0.717) is 24.8 Å². The summed E-state index contributed by atoms with van der Waals surface area (Å²) in [5, 5.41) is 3.99. The molecule has 144 valence electrons. The Bertz CT molecular complexity index is 903. The summed E-state index contributed by atoms with van der Waals surface area (Å²) < 4.78 is 6.77. The second-order valence-corrected chi connectivity index (χ2v) is 7.51. The molecule has 0 fully saturated rings. The zero-order chi connectivity index (χ0) is 19.8. The lowest BCUT2D eigenvalue weighted by atomic mass is 10.2. The molecule has 0 saturated carbocycles. The van der Waals surface area contributed by atoms with Gasteiger partial charge in [-0.05, 0) is 60.6 Å². The molecule has 6 heteroatoms. The lowest BCUT2D eigenvalue weighted by Gasteiger charge is -2.26. The summed E-state index contributed by atoms with van der Waals surface area (Å²) in [6.45, 7) is 3.92. The molecule has 3 rings (SSSR count). The third-order valence-electron chi connectivity index (χ3n) is 4.10. The van der Waals surface area contributed by atoms with Gasteiger partial charge in [-0.15, -0.1) is 0 Å². The van der Waals surface area contributed by atoms with E-state index in [0.717, 1.165) is 21.5 Å². The van der Waals surface area contributed by atoms with Crippen molar-refractivity contribution in [2.45, 2.75) is 20.0 Å². The topological polar surface area (TPSA) is 37.4 Å². The fourth-order valence-electron chi connectivity index (χ4n) is 2.77. The van der Waals surface area contributed by atoms with Crippen molar-refractivity contribution in [3.05, 3.63) is 88.7 Å². The Morgan fingerprint density at radius 2 is 1.79 bits per heavy atom. The van der Waals surface area contributed by atoms with E-state index in [1.54, 1.807) is 6.20 Å². The molecule has 1 heterocycles. The Hall–Kier alpha value is -2.44. The first-order chi connectivity index (χ1) is 13.7. The van der Waals surface area contributed by atoms with E-state index in [1.807, 2.05) is 55.6 Å². The molecule has 0 aliphatic heterocycles. The highest BCUT2D eigenvalue weighted by Gasteiger charge is 2.14. The van der Waals surface area contributed by atoms with Crippen LogP contribution in [0.5, 0.6) is 5.75 Å². The molecule has 4 nitrogen and oxygen atoms in total. The first kappa shape index (κ1) is 20.3. The highest BCUT2D eigenvalue weighted by molar-refractivity contribution is 9.10. The van der Waals surface area contributed by atoms with Gasteiger partial charge in [-0.25, -0.2) is 0 Å². The number of pyridine rings is 1. The summed E-state index contributed by atoms with van der Waals surface area (Å²) in [5.74, 6) is 0.789. The minimum atomic E-state index is 0.601. The van der Waals surface area contributed by atoms with Gasteiger partial charge < -0.3 is 15.0 Å². The molecule has 1 aromatic heterocycles. The van der Waals surface area contributed by atoms with Gasteiger partial charge in [0, 0.05) is 30.0 Å². The molecular weight excluding hydrogens is 434 g/mol. The molecule has 2 aromatic carbocycles. The van der Waals surface area contributed by atoms with Crippen molar-refractivity contribution in [1.29, 1.82) is 0 Å². The number of benzene rings is 2. The lowest BCUT2D eigenvalue weighted by Crippen LogP contribution is -2.34. The van der Waals surface area contributed by atoms with Gasteiger partial charge in [-0.2, -0.15) is 0 Å². The Kier molecular flexibility index (Phi) is 7.39. The van der Waals surface area contributed by atoms with Gasteiger partial charge in [0.25, 0.3) is 0 Å². The number of hydrogen-bond acceptors (Lipinski definition) is 3. The summed E-state index contributed by atoms with van der Waals surface area (Å²) in [4.78, 5) is 6.34. The van der Waals surface area contributed by atoms with Crippen molar-refractivity contribution < 1.29 is 4.74 Å². The fourth-order valence-corrected chi connectivity index (χ4v) is 3.27. The van der Waals surface area contributed by atoms with Crippen LogP contribution in [0.4, 0.5) is 5.69 Å². The first-order valence-electron chi connectivity index (χ1n) is 9.07. The van der Waals surface area contributed by atoms with Crippen molar-refractivity contribution in [3.63, 3.8) is 0 Å². The van der Waals surface area contributed by atoms with Crippen LogP contribution in [0.3, 0.4) is 0 Å². The van der Waals surface area contributed by atoms with Crippen molar-refractivity contribution in [1.82, 2.24) is 9.88 Å². The first-order valence-corrected chi connectivity index (χ1v) is 10.3. The molecule has 0 aliphatic rings. The monoisotopic (exact) mass is 455 g/mol. The van der Waals surface area contributed by atoms with E-state index in [4.69, 9.17) is 17.0 Å². The van der Waals surface area contributed by atoms with Crippen LogP contribution in [-0.2, 0) is 13.1 Å². The van der Waals surface area contributed by atoms with E-state index in [-0.39, 0.29) is 0 Å². The molecule has 0 bridgehead atoms. The third kappa shape index (κ3) is 5.78. The van der Waals surface area contributed by atoms with Crippen molar-refractivity contribution in [2.24, 2.45) is 0 Å². The largest absolute Gasteiger partial charge is 0.492 e. The molecule has 0 aliphatic carbocycles. The van der Waals surface area contributed by atoms with Gasteiger partial charge in [-0.3, -0.25) is 4.98 Å². The third-order valence-corrected chi connectivity index (χ3v) is 4.99. The van der Waals surface area contributed by atoms with Gasteiger partial charge in [-0.1, -0.05) is 46.3 Å². The minimum Gasteiger partial charge on any atom is -0.492 e. The van der Waals surface area contributed by atoms with Crippen LogP contribution in [-0.4, -0.2) is 21.6 Å². The summed E-state index contributed by atoms with van der Waals surface area (Å²) in [7, 11) is 0. The van der Waals surface area contributed by atoms with Gasteiger partial charge in [0.05, 0.1) is 12.3 Å². The molecule has 1 N–H and O–H groups in total. The van der Waals surface area contributed by atoms with Crippen LogP contribution in [0.1, 0.15) is 18.1 Å². The molecule has 0 radical (unpaired) electrons. The highest BCUT2D eigenvalue weighted by Crippen LogP contribution is 2.25. The standard InChI is InChI=1S/C22H22BrN3OS/c1-2-27-21-8-4-3-7-20(21)25-22(28)26(16-18-6-5-13-24-14-18)15-17-9-11-19(23)12-10-17/h3-14H,2,15-16H2,1H3,(H,25,28). The zero-order valence-electron chi connectivity index (χ0n) is 15.6. The highest BCUT2D eigenvalue weighted by atomic mass is 79.9. The number of ether oxygens (including phenoxy) is 1. The number of aromatic nitrogens is 1. The van der Waals surface area contributed by atoms with Gasteiger partial charge in [0.1, 0.15) is 5.75 Å². The van der Waals surface area contributed by atoms with Crippen LogP contribution in [0.2, 0.25) is 0 Å². The maximum absolute atomic E-state index is 5.75. The number of anilines is 1. The predicted octanol–water partition coefficient (Wildman–Crippen LogP) is 5.64. The maximum Gasteiger partial charge on any atom is 0.174 e. The number of para-hydroxylation sites is 2. The second kappa shape index (κ2) is 10.2. The quantitative estimate of drug-likeness (QED) is 0.466. The van der Waals surface area contributed by atoms with Crippen LogP contribution >= 0.6 is 28.1 Å². The Labute approximate surface area is 179 Å². The average Bonchev–Trinajstić information content (AvgIpc) is 2.71. The van der Waals surface area contributed by atoms with Crippen molar-refractivity contribution in [3.8, 4) is 5.75 Å². The Balaban J connectivity index is 1.80. The molecular formula is C22H22BrN3OS. The SMILES string of the molecule is CCOc1ccccc1NC(=S)N(Cc1ccc(Br)cc1)Cc1cccnc1. The van der Waals surface area contributed by atoms with Gasteiger partial charge in [0.2, 0.25) is 0 Å². The minimum absolute atomic E-state index is 0.601. The summed E-state index contributed by atoms with van der Waals surface area (Å²) in [6, 6.07) is 20.1. The molecule has 28 heavy (non-hydrogen) atoms. The number of nitrogens with one attached hydrogen (secondary N) is 1. The Morgan fingerprint density at radius 3 is 2.50 bits per heavy atom. The summed E-state index contributed by atoms with van der Waals surface area (Å²) in [5.41, 5.74) is 3.14. The normalized spacial score (nSPS) is 10.4. The van der Waals surface area contributed by atoms with E-state index in [1.165, 1.54) is 5.56 Å². The van der Waals surface area contributed by atoms with Crippen LogP contribution in [0, 0.1) is 0 Å². The Morgan fingerprint density at radius 1 is 1.04 bits per heavy atom. The smallest absolute Gasteiger partial charge is 0.174 e. The van der Waals surface area contributed by atoms with Gasteiger partial charge in [0.15, 0.2) is 5.11 Å². The summed E-state index contributed by atoms with van der Waals surface area (Å²) in [6.07, 6.45) is 3.64. The van der Waals surface area contributed by atoms with Crippen molar-refractivity contribution in [2.75, 3.05) is 11.9 Å². The number of rotatable bonds is 7. The van der Waals surface area contributed by atoms with E-state index in [2.05, 4.69) is 49.3 Å². The predicted molar refractivity (Wildman–Crippen MR) is 121 cm³/mol. The molecule has 0 amide bonds. The maximum atomic E-state index is 5.75. The van der Waals surface area contributed by atoms with Crippen LogP contribution < -0.4 is 10.1 Å². The molecule has 3 aromatic rings. The molecule has 0 saturated heterocycles. The van der Waals surface area contributed by atoms with Crippen molar-refractivity contribution >= 4 is 38.9 Å². The number of halogens is 1. The molecule has 0 unspecified atom stereocenters. The number of hydrogen-bond donors (Lipinski definition) is 1. The summed E-state index contributed by atoms with van der Waals surface area (Å²) >= 11 is 9.24. The zero-order valence-corrected chi connectivity index (χ0v) is 18.0. The number of thiocarbonyl (C=S) groups is 1. The fraction of sp³-hybridized carbons (Fsp3) is 0.182. The van der Waals surface area contributed by atoms with E-state index < -0.39 is 0 Å². The second-order valence-electron chi connectivity index (χ2n) is 6.20. The lowest BCUT2D eigenvalue weighted by molar-refractivity contribution is 0.342. The van der Waals surface area contributed by atoms with Crippen LogP contribution in [0.25, 0.3) is 0 Å².